The van der Waals surface area contributed by atoms with Crippen LogP contribution in [-0.2, 0) is 6.54 Å². The van der Waals surface area contributed by atoms with E-state index in [9.17, 15) is 15.2 Å². The van der Waals surface area contributed by atoms with Gasteiger partial charge in [-0.05, 0) is 18.8 Å². The van der Waals surface area contributed by atoms with Crippen molar-refractivity contribution in [3.05, 3.63) is 22.5 Å². The Balaban J connectivity index is 1.92. The third-order valence-electron chi connectivity index (χ3n) is 3.34. The van der Waals surface area contributed by atoms with Crippen LogP contribution < -0.4 is 0 Å². The SMILES string of the molecule is C[C@H]1[C@H](C)N1C[C@@H](O)Cn1ccnc1[N+](=O)[O-]. The van der Waals surface area contributed by atoms with Gasteiger partial charge in [0.25, 0.3) is 0 Å². The first-order chi connectivity index (χ1) is 8.00. The second-order valence-corrected chi connectivity index (χ2v) is 4.47. The lowest BCUT2D eigenvalue weighted by Crippen LogP contribution is -2.26. The zero-order valence-electron chi connectivity index (χ0n) is 9.85. The number of β-amino-alcohol motifs (C(OH)–C–C–N with tert-alkyl or cyclic N) is 1. The summed E-state index contributed by atoms with van der Waals surface area (Å²) in [6.07, 6.45) is 2.26. The van der Waals surface area contributed by atoms with Crippen molar-refractivity contribution in [1.29, 1.82) is 0 Å². The molecule has 0 spiro atoms. The summed E-state index contributed by atoms with van der Waals surface area (Å²) in [6.45, 7) is 4.93. The summed E-state index contributed by atoms with van der Waals surface area (Å²) in [6, 6.07) is 0.977. The third-order valence-corrected chi connectivity index (χ3v) is 3.34. The molecule has 1 N–H and O–H groups in total. The Morgan fingerprint density at radius 3 is 2.71 bits per heavy atom. The predicted molar refractivity (Wildman–Crippen MR) is 60.5 cm³/mol. The van der Waals surface area contributed by atoms with E-state index in [2.05, 4.69) is 23.7 Å². The third kappa shape index (κ3) is 2.45. The van der Waals surface area contributed by atoms with Crippen LogP contribution in [0.5, 0.6) is 0 Å². The highest BCUT2D eigenvalue weighted by atomic mass is 16.6. The van der Waals surface area contributed by atoms with Crippen LogP contribution in [-0.4, -0.2) is 49.2 Å². The fraction of sp³-hybridized carbons (Fsp3) is 0.700. The predicted octanol–water partition coefficient (Wildman–Crippen LogP) is 0.245. The molecule has 0 amide bonds. The Labute approximate surface area is 98.8 Å². The van der Waals surface area contributed by atoms with Crippen LogP contribution in [0.15, 0.2) is 12.4 Å². The number of rotatable bonds is 5. The standard InChI is InChI=1S/C10H16N4O3/c1-7-8(2)13(7)6-9(15)5-12-4-3-11-10(12)14(16)17/h3-4,7-9,15H,5-6H2,1-2H3/t7-,8-,9-/m0/s1. The number of hydrogen-bond acceptors (Lipinski definition) is 5. The molecule has 1 aromatic rings. The molecule has 0 radical (unpaired) electrons. The number of nitro groups is 1. The first kappa shape index (κ1) is 12.0. The van der Waals surface area contributed by atoms with Crippen molar-refractivity contribution in [3.8, 4) is 0 Å². The second-order valence-electron chi connectivity index (χ2n) is 4.47. The van der Waals surface area contributed by atoms with E-state index in [0.717, 1.165) is 0 Å². The molecule has 2 rings (SSSR count). The van der Waals surface area contributed by atoms with Gasteiger partial charge >= 0.3 is 5.95 Å². The normalized spacial score (nSPS) is 29.0. The van der Waals surface area contributed by atoms with E-state index in [1.807, 2.05) is 0 Å². The summed E-state index contributed by atoms with van der Waals surface area (Å²) < 4.78 is 1.36. The van der Waals surface area contributed by atoms with E-state index >= 15 is 0 Å². The maximum absolute atomic E-state index is 10.6. The Kier molecular flexibility index (Phi) is 3.12. The van der Waals surface area contributed by atoms with E-state index in [1.165, 1.54) is 17.0 Å². The summed E-state index contributed by atoms with van der Waals surface area (Å²) >= 11 is 0. The number of aliphatic hydroxyl groups is 1. The molecule has 94 valence electrons. The van der Waals surface area contributed by atoms with Crippen molar-refractivity contribution in [1.82, 2.24) is 14.5 Å². The van der Waals surface area contributed by atoms with Crippen molar-refractivity contribution in [3.63, 3.8) is 0 Å². The number of aliphatic hydroxyl groups excluding tert-OH is 1. The molecule has 0 aliphatic carbocycles. The van der Waals surface area contributed by atoms with Crippen LogP contribution in [0.25, 0.3) is 0 Å². The Morgan fingerprint density at radius 2 is 2.18 bits per heavy atom. The summed E-state index contributed by atoms with van der Waals surface area (Å²) in [7, 11) is 0. The van der Waals surface area contributed by atoms with Crippen LogP contribution in [0.3, 0.4) is 0 Å². The fourth-order valence-electron chi connectivity index (χ4n) is 2.06. The van der Waals surface area contributed by atoms with Gasteiger partial charge in [0.1, 0.15) is 12.4 Å². The monoisotopic (exact) mass is 240 g/mol. The van der Waals surface area contributed by atoms with Gasteiger partial charge in [0.05, 0.1) is 12.6 Å². The molecule has 1 aliphatic heterocycles. The van der Waals surface area contributed by atoms with Gasteiger partial charge in [-0.15, -0.1) is 0 Å². The molecule has 0 unspecified atom stereocenters. The van der Waals surface area contributed by atoms with Crippen LogP contribution in [0.4, 0.5) is 5.95 Å². The highest BCUT2D eigenvalue weighted by molar-refractivity contribution is 5.07. The summed E-state index contributed by atoms with van der Waals surface area (Å²) in [5, 5.41) is 20.5. The smallest absolute Gasteiger partial charge is 0.390 e. The fourth-order valence-corrected chi connectivity index (χ4v) is 2.06. The van der Waals surface area contributed by atoms with Crippen molar-refractivity contribution in [2.45, 2.75) is 38.6 Å². The molecular weight excluding hydrogens is 224 g/mol. The summed E-state index contributed by atoms with van der Waals surface area (Å²) in [4.78, 5) is 15.9. The lowest BCUT2D eigenvalue weighted by atomic mass is 10.3. The van der Waals surface area contributed by atoms with Gasteiger partial charge in [0.2, 0.25) is 0 Å². The molecule has 0 saturated carbocycles. The van der Waals surface area contributed by atoms with Crippen molar-refractivity contribution >= 4 is 5.95 Å². The van der Waals surface area contributed by atoms with Gasteiger partial charge in [-0.3, -0.25) is 4.90 Å². The van der Waals surface area contributed by atoms with Gasteiger partial charge in [-0.2, -0.15) is 0 Å². The molecule has 1 aromatic heterocycles. The first-order valence-electron chi connectivity index (χ1n) is 5.60. The van der Waals surface area contributed by atoms with Crippen LogP contribution in [0.1, 0.15) is 13.8 Å². The first-order valence-corrected chi connectivity index (χ1v) is 5.60. The minimum absolute atomic E-state index is 0.201. The molecule has 0 bridgehead atoms. The number of nitrogens with zero attached hydrogens (tertiary/aromatic N) is 4. The number of hydrogen-bond donors (Lipinski definition) is 1. The minimum atomic E-state index is -0.615. The average molecular weight is 240 g/mol. The van der Waals surface area contributed by atoms with E-state index in [0.29, 0.717) is 18.6 Å². The zero-order chi connectivity index (χ0) is 12.6. The number of imidazole rings is 1. The largest absolute Gasteiger partial charge is 0.434 e. The van der Waals surface area contributed by atoms with E-state index in [4.69, 9.17) is 0 Å². The Hall–Kier alpha value is -1.47. The Bertz CT molecular complexity index is 411. The van der Waals surface area contributed by atoms with Gasteiger partial charge in [-0.1, -0.05) is 4.98 Å². The maximum Gasteiger partial charge on any atom is 0.434 e. The molecule has 17 heavy (non-hydrogen) atoms. The molecule has 7 nitrogen and oxygen atoms in total. The maximum atomic E-state index is 10.6. The number of aromatic nitrogens is 2. The van der Waals surface area contributed by atoms with Crippen molar-refractivity contribution in [2.75, 3.05) is 6.54 Å². The van der Waals surface area contributed by atoms with E-state index in [1.54, 1.807) is 0 Å². The van der Waals surface area contributed by atoms with Crippen molar-refractivity contribution < 1.29 is 10.0 Å². The van der Waals surface area contributed by atoms with Gasteiger partial charge in [-0.25, -0.2) is 4.57 Å². The van der Waals surface area contributed by atoms with Gasteiger partial charge < -0.3 is 15.2 Å². The highest BCUT2D eigenvalue weighted by Crippen LogP contribution is 2.27. The van der Waals surface area contributed by atoms with E-state index in [-0.39, 0.29) is 12.5 Å². The molecule has 1 aliphatic rings. The Morgan fingerprint density at radius 1 is 1.53 bits per heavy atom. The van der Waals surface area contributed by atoms with Crippen LogP contribution in [0, 0.1) is 10.1 Å². The molecule has 2 heterocycles. The average Bonchev–Trinajstić information content (AvgIpc) is 2.71. The molecule has 7 heteroatoms. The minimum Gasteiger partial charge on any atom is -0.390 e. The van der Waals surface area contributed by atoms with Crippen molar-refractivity contribution in [2.24, 2.45) is 0 Å². The van der Waals surface area contributed by atoms with Gasteiger partial charge in [0.15, 0.2) is 0 Å². The summed E-state index contributed by atoms with van der Waals surface area (Å²) in [5.74, 6) is -0.226. The lowest BCUT2D eigenvalue weighted by Gasteiger charge is -2.11. The summed E-state index contributed by atoms with van der Waals surface area (Å²) in [5.41, 5.74) is 0. The zero-order valence-corrected chi connectivity index (χ0v) is 9.85. The molecule has 1 saturated heterocycles. The van der Waals surface area contributed by atoms with Crippen LogP contribution in [0.2, 0.25) is 0 Å². The highest BCUT2D eigenvalue weighted by Gasteiger charge is 2.40. The quantitative estimate of drug-likeness (QED) is 0.453. The second kappa shape index (κ2) is 4.42. The molecular formula is C10H16N4O3. The molecule has 1 fully saturated rings. The lowest BCUT2D eigenvalue weighted by molar-refractivity contribution is -0.397. The molecule has 0 aromatic carbocycles. The molecule has 3 atom stereocenters. The van der Waals surface area contributed by atoms with E-state index < -0.39 is 11.0 Å². The van der Waals surface area contributed by atoms with Crippen LogP contribution >= 0.6 is 0 Å². The van der Waals surface area contributed by atoms with Gasteiger partial charge in [0, 0.05) is 18.6 Å². The topological polar surface area (TPSA) is 84.2 Å².